The lowest BCUT2D eigenvalue weighted by atomic mass is 10.00. The maximum absolute atomic E-state index is 13.4. The number of hydrazine groups is 1. The molecule has 1 aliphatic rings. The highest BCUT2D eigenvalue weighted by atomic mass is 19.4. The van der Waals surface area contributed by atoms with E-state index in [0.29, 0.717) is 0 Å². The molecule has 1 N–H and O–H groups in total. The van der Waals surface area contributed by atoms with E-state index in [9.17, 15) is 22.8 Å². The summed E-state index contributed by atoms with van der Waals surface area (Å²) in [6.07, 6.45) is -4.59. The number of rotatable bonds is 3. The lowest BCUT2D eigenvalue weighted by Gasteiger charge is -2.19. The van der Waals surface area contributed by atoms with Crippen LogP contribution < -0.4 is 5.43 Å². The van der Waals surface area contributed by atoms with E-state index in [2.05, 4.69) is 10.4 Å². The van der Waals surface area contributed by atoms with Crippen molar-refractivity contribution < 1.29 is 22.8 Å². The lowest BCUT2D eigenvalue weighted by Crippen LogP contribution is -2.36. The summed E-state index contributed by atoms with van der Waals surface area (Å²) in [5, 5.41) is 0.823. The van der Waals surface area contributed by atoms with E-state index in [0.717, 1.165) is 22.7 Å². The predicted octanol–water partition coefficient (Wildman–Crippen LogP) is 4.04. The van der Waals surface area contributed by atoms with Crippen molar-refractivity contribution in [1.29, 1.82) is 0 Å². The fraction of sp³-hybridized carbons (Fsp3) is 0.316. The van der Waals surface area contributed by atoms with Crippen molar-refractivity contribution in [1.82, 2.24) is 9.99 Å². The summed E-state index contributed by atoms with van der Waals surface area (Å²) < 4.78 is 40.2. The van der Waals surface area contributed by atoms with Crippen molar-refractivity contribution in [3.63, 3.8) is 0 Å². The number of carbonyl (C=O) groups excluding carboxylic acids is 2. The second-order valence-corrected chi connectivity index (χ2v) is 6.66. The van der Waals surface area contributed by atoms with Crippen LogP contribution in [0, 0.1) is 18.8 Å². The molecular formula is C19H18F3N3O2. The van der Waals surface area contributed by atoms with Crippen molar-refractivity contribution in [2.75, 3.05) is 5.43 Å². The Bertz CT molecular complexity index is 874. The third-order valence-corrected chi connectivity index (χ3v) is 4.72. The number of alkyl halides is 3. The monoisotopic (exact) mass is 377 g/mol. The standard InChI is InChI=1S/C19H18F3N3O2/c1-10-4-6-13(7-5-10)16-14(19(20,21)22)8-9-15(23-16)24-25-17(26)11(2)12(3)18(25)27/h4-9,11-12H,1-3H3,(H,23,24). The molecule has 2 heterocycles. The van der Waals surface area contributed by atoms with Crippen LogP contribution in [0.5, 0.6) is 0 Å². The minimum absolute atomic E-state index is 0.0124. The maximum Gasteiger partial charge on any atom is 0.418 e. The molecule has 8 heteroatoms. The number of benzene rings is 1. The van der Waals surface area contributed by atoms with Crippen LogP contribution in [0.4, 0.5) is 19.0 Å². The Labute approximate surface area is 154 Å². The number of imide groups is 1. The highest BCUT2D eigenvalue weighted by Crippen LogP contribution is 2.37. The number of nitrogens with one attached hydrogen (secondary N) is 1. The molecule has 142 valence electrons. The first-order chi connectivity index (χ1) is 12.6. The van der Waals surface area contributed by atoms with Crippen molar-refractivity contribution in [3.8, 4) is 11.3 Å². The normalized spacial score (nSPS) is 20.3. The number of aryl methyl sites for hydroxylation is 1. The van der Waals surface area contributed by atoms with Gasteiger partial charge in [-0.15, -0.1) is 0 Å². The molecule has 0 aliphatic carbocycles. The molecular weight excluding hydrogens is 359 g/mol. The summed E-state index contributed by atoms with van der Waals surface area (Å²) in [5.41, 5.74) is 2.59. The molecule has 1 saturated heterocycles. The largest absolute Gasteiger partial charge is 0.418 e. The van der Waals surface area contributed by atoms with E-state index in [-0.39, 0.29) is 17.1 Å². The van der Waals surface area contributed by atoms with Crippen LogP contribution in [-0.4, -0.2) is 21.8 Å². The number of pyridine rings is 1. The van der Waals surface area contributed by atoms with E-state index in [1.807, 2.05) is 6.92 Å². The van der Waals surface area contributed by atoms with Gasteiger partial charge in [-0.1, -0.05) is 43.7 Å². The first-order valence-corrected chi connectivity index (χ1v) is 8.39. The summed E-state index contributed by atoms with van der Waals surface area (Å²) in [5.74, 6) is -1.90. The Hall–Kier alpha value is -2.90. The fourth-order valence-electron chi connectivity index (χ4n) is 2.85. The molecule has 5 nitrogen and oxygen atoms in total. The SMILES string of the molecule is Cc1ccc(-c2nc(NN3C(=O)C(C)C(C)C3=O)ccc2C(F)(F)F)cc1. The molecule has 1 aromatic heterocycles. The number of carbonyl (C=O) groups is 2. The topological polar surface area (TPSA) is 62.3 Å². The van der Waals surface area contributed by atoms with Gasteiger partial charge in [0.1, 0.15) is 5.82 Å². The van der Waals surface area contributed by atoms with Gasteiger partial charge in [-0.05, 0) is 19.1 Å². The first kappa shape index (κ1) is 18.9. The molecule has 2 aromatic rings. The molecule has 2 unspecified atom stereocenters. The van der Waals surface area contributed by atoms with Gasteiger partial charge in [0.15, 0.2) is 0 Å². The molecule has 1 aromatic carbocycles. The molecule has 0 saturated carbocycles. The molecule has 0 radical (unpaired) electrons. The number of nitrogens with zero attached hydrogens (tertiary/aromatic N) is 2. The third kappa shape index (κ3) is 3.51. The van der Waals surface area contributed by atoms with Crippen LogP contribution in [-0.2, 0) is 15.8 Å². The summed E-state index contributed by atoms with van der Waals surface area (Å²) in [7, 11) is 0. The van der Waals surface area contributed by atoms with Crippen LogP contribution in [0.25, 0.3) is 11.3 Å². The Morgan fingerprint density at radius 2 is 1.52 bits per heavy atom. The lowest BCUT2D eigenvalue weighted by molar-refractivity contribution is -0.139. The zero-order chi connectivity index (χ0) is 19.9. The second-order valence-electron chi connectivity index (χ2n) is 6.66. The number of aromatic nitrogens is 1. The fourth-order valence-corrected chi connectivity index (χ4v) is 2.85. The molecule has 3 rings (SSSR count). The van der Waals surface area contributed by atoms with Crippen molar-refractivity contribution in [2.24, 2.45) is 11.8 Å². The van der Waals surface area contributed by atoms with Gasteiger partial charge >= 0.3 is 6.18 Å². The number of amides is 2. The van der Waals surface area contributed by atoms with Crippen LogP contribution in [0.3, 0.4) is 0 Å². The van der Waals surface area contributed by atoms with Crippen LogP contribution in [0.1, 0.15) is 25.0 Å². The van der Waals surface area contributed by atoms with E-state index >= 15 is 0 Å². The van der Waals surface area contributed by atoms with Gasteiger partial charge in [0.25, 0.3) is 11.8 Å². The Morgan fingerprint density at radius 3 is 2.04 bits per heavy atom. The van der Waals surface area contributed by atoms with Gasteiger partial charge in [0, 0.05) is 17.4 Å². The van der Waals surface area contributed by atoms with Crippen LogP contribution >= 0.6 is 0 Å². The first-order valence-electron chi connectivity index (χ1n) is 8.39. The van der Waals surface area contributed by atoms with E-state index in [4.69, 9.17) is 0 Å². The number of hydrogen-bond donors (Lipinski definition) is 1. The molecule has 1 aliphatic heterocycles. The summed E-state index contributed by atoms with van der Waals surface area (Å²) in [6, 6.07) is 8.47. The van der Waals surface area contributed by atoms with Crippen LogP contribution in [0.2, 0.25) is 0 Å². The minimum Gasteiger partial charge on any atom is -0.272 e. The molecule has 1 fully saturated rings. The highest BCUT2D eigenvalue weighted by molar-refractivity contribution is 6.05. The molecule has 2 atom stereocenters. The number of halogens is 3. The van der Waals surface area contributed by atoms with Crippen molar-refractivity contribution in [3.05, 3.63) is 47.5 Å². The Morgan fingerprint density at radius 1 is 0.963 bits per heavy atom. The maximum atomic E-state index is 13.4. The smallest absolute Gasteiger partial charge is 0.272 e. The van der Waals surface area contributed by atoms with Gasteiger partial charge in [-0.3, -0.25) is 15.0 Å². The minimum atomic E-state index is -4.59. The zero-order valence-corrected chi connectivity index (χ0v) is 15.0. The van der Waals surface area contributed by atoms with E-state index in [1.165, 1.54) is 0 Å². The quantitative estimate of drug-likeness (QED) is 0.820. The number of anilines is 1. The van der Waals surface area contributed by atoms with E-state index in [1.54, 1.807) is 38.1 Å². The number of hydrogen-bond acceptors (Lipinski definition) is 4. The zero-order valence-electron chi connectivity index (χ0n) is 15.0. The molecule has 0 spiro atoms. The highest BCUT2D eigenvalue weighted by Gasteiger charge is 2.43. The summed E-state index contributed by atoms with van der Waals surface area (Å²) >= 11 is 0. The van der Waals surface area contributed by atoms with Gasteiger partial charge in [0.05, 0.1) is 11.3 Å². The van der Waals surface area contributed by atoms with Crippen LogP contribution in [0.15, 0.2) is 36.4 Å². The van der Waals surface area contributed by atoms with Gasteiger partial charge in [0.2, 0.25) is 0 Å². The molecule has 27 heavy (non-hydrogen) atoms. The van der Waals surface area contributed by atoms with Crippen molar-refractivity contribution in [2.45, 2.75) is 26.9 Å². The van der Waals surface area contributed by atoms with E-state index < -0.39 is 35.4 Å². The Balaban J connectivity index is 2.01. The molecule has 0 bridgehead atoms. The van der Waals surface area contributed by atoms with Gasteiger partial charge in [-0.25, -0.2) is 4.98 Å². The Kier molecular flexibility index (Phi) is 4.67. The summed E-state index contributed by atoms with van der Waals surface area (Å²) in [4.78, 5) is 28.4. The summed E-state index contributed by atoms with van der Waals surface area (Å²) in [6.45, 7) is 5.09. The second kappa shape index (κ2) is 6.68. The van der Waals surface area contributed by atoms with Crippen molar-refractivity contribution >= 4 is 17.6 Å². The third-order valence-electron chi connectivity index (χ3n) is 4.72. The average molecular weight is 377 g/mol. The predicted molar refractivity (Wildman–Crippen MR) is 93.2 cm³/mol. The average Bonchev–Trinajstić information content (AvgIpc) is 2.79. The molecule has 2 amide bonds. The van der Waals surface area contributed by atoms with Gasteiger partial charge in [-0.2, -0.15) is 18.2 Å². The van der Waals surface area contributed by atoms with Gasteiger partial charge < -0.3 is 0 Å².